The summed E-state index contributed by atoms with van der Waals surface area (Å²) in [5, 5.41) is 11.4. The molecule has 0 spiro atoms. The number of methoxy groups -OCH3 is 1. The lowest BCUT2D eigenvalue weighted by molar-refractivity contribution is -0.140. The Kier molecular flexibility index (Phi) is 8.54. The number of amides is 1. The van der Waals surface area contributed by atoms with Gasteiger partial charge in [0.15, 0.2) is 0 Å². The van der Waals surface area contributed by atoms with Gasteiger partial charge in [0.05, 0.1) is 43.6 Å². The summed E-state index contributed by atoms with van der Waals surface area (Å²) in [5.41, 5.74) is 0.977. The average Bonchev–Trinajstić information content (AvgIpc) is 3.08. The fourth-order valence-electron chi connectivity index (χ4n) is 3.93. The van der Waals surface area contributed by atoms with Crippen LogP contribution in [0.2, 0.25) is 0 Å². The molecule has 0 radical (unpaired) electrons. The van der Waals surface area contributed by atoms with E-state index in [2.05, 4.69) is 0 Å². The first-order valence-electron chi connectivity index (χ1n) is 11.4. The number of ketones is 1. The molecule has 1 aliphatic rings. The summed E-state index contributed by atoms with van der Waals surface area (Å²) in [6.07, 6.45) is 0. The minimum atomic E-state index is -0.785. The molecule has 1 saturated heterocycles. The highest BCUT2D eigenvalue weighted by Crippen LogP contribution is 2.41. The van der Waals surface area contributed by atoms with E-state index in [0.717, 1.165) is 0 Å². The van der Waals surface area contributed by atoms with Crippen molar-refractivity contribution in [2.24, 2.45) is 0 Å². The first kappa shape index (κ1) is 25.1. The van der Waals surface area contributed by atoms with E-state index in [1.54, 1.807) is 42.5 Å². The van der Waals surface area contributed by atoms with Gasteiger partial charge in [-0.1, -0.05) is 12.1 Å². The van der Waals surface area contributed by atoms with Crippen LogP contribution in [-0.2, 0) is 14.3 Å². The van der Waals surface area contributed by atoms with Gasteiger partial charge in [-0.05, 0) is 50.6 Å². The second kappa shape index (κ2) is 11.6. The highest BCUT2D eigenvalue weighted by molar-refractivity contribution is 6.46. The van der Waals surface area contributed by atoms with Crippen molar-refractivity contribution in [3.8, 4) is 17.2 Å². The molecule has 8 nitrogen and oxygen atoms in total. The predicted octanol–water partition coefficient (Wildman–Crippen LogP) is 3.95. The average molecular weight is 470 g/mol. The Hall–Kier alpha value is -3.52. The quantitative estimate of drug-likeness (QED) is 0.302. The summed E-state index contributed by atoms with van der Waals surface area (Å²) in [6, 6.07) is 11.3. The third-order valence-corrected chi connectivity index (χ3v) is 5.40. The molecule has 1 fully saturated rings. The fraction of sp³-hybridized carbons (Fsp3) is 0.385. The maximum Gasteiger partial charge on any atom is 0.295 e. The van der Waals surface area contributed by atoms with Crippen molar-refractivity contribution >= 4 is 17.4 Å². The van der Waals surface area contributed by atoms with Crippen molar-refractivity contribution < 1.29 is 33.6 Å². The van der Waals surface area contributed by atoms with Crippen LogP contribution in [0.15, 0.2) is 48.0 Å². The van der Waals surface area contributed by atoms with Crippen molar-refractivity contribution in [2.75, 3.05) is 40.1 Å². The second-order valence-electron chi connectivity index (χ2n) is 7.51. The largest absolute Gasteiger partial charge is 0.507 e. The summed E-state index contributed by atoms with van der Waals surface area (Å²) in [5.74, 6) is -0.148. The van der Waals surface area contributed by atoms with E-state index >= 15 is 0 Å². The number of carbonyl (C=O) groups is 2. The maximum absolute atomic E-state index is 13.1. The molecule has 0 aromatic heterocycles. The Morgan fingerprint density at radius 2 is 1.53 bits per heavy atom. The third kappa shape index (κ3) is 5.17. The van der Waals surface area contributed by atoms with Crippen LogP contribution >= 0.6 is 0 Å². The zero-order valence-corrected chi connectivity index (χ0v) is 20.0. The van der Waals surface area contributed by atoms with Crippen LogP contribution in [0.25, 0.3) is 5.76 Å². The summed E-state index contributed by atoms with van der Waals surface area (Å²) >= 11 is 0. The number of likely N-dealkylation sites (tertiary alicyclic amines) is 1. The van der Waals surface area contributed by atoms with Crippen molar-refractivity contribution in [1.29, 1.82) is 0 Å². The molecule has 1 N–H and O–H groups in total. The Labute approximate surface area is 199 Å². The molecule has 1 atom stereocenters. The van der Waals surface area contributed by atoms with Gasteiger partial charge >= 0.3 is 0 Å². The summed E-state index contributed by atoms with van der Waals surface area (Å²) < 4.78 is 21.9. The molecule has 0 saturated carbocycles. The molecule has 0 bridgehead atoms. The zero-order chi connectivity index (χ0) is 24.7. The lowest BCUT2D eigenvalue weighted by atomic mass is 9.95. The van der Waals surface area contributed by atoms with E-state index in [9.17, 15) is 14.7 Å². The number of aliphatic hydroxyl groups excluding tert-OH is 1. The molecule has 1 aliphatic heterocycles. The van der Waals surface area contributed by atoms with E-state index in [-0.39, 0.29) is 24.5 Å². The van der Waals surface area contributed by atoms with Gasteiger partial charge < -0.3 is 29.0 Å². The number of aliphatic hydroxyl groups is 1. The molecule has 182 valence electrons. The van der Waals surface area contributed by atoms with E-state index in [0.29, 0.717) is 48.2 Å². The lowest BCUT2D eigenvalue weighted by Gasteiger charge is -2.25. The molecule has 0 aliphatic carbocycles. The van der Waals surface area contributed by atoms with Gasteiger partial charge in [0.1, 0.15) is 23.0 Å². The van der Waals surface area contributed by atoms with E-state index < -0.39 is 17.7 Å². The topological polar surface area (TPSA) is 94.5 Å². The Morgan fingerprint density at radius 1 is 0.912 bits per heavy atom. The fourth-order valence-corrected chi connectivity index (χ4v) is 3.93. The van der Waals surface area contributed by atoms with E-state index in [1.165, 1.54) is 12.0 Å². The van der Waals surface area contributed by atoms with Gasteiger partial charge in [0.2, 0.25) is 0 Å². The summed E-state index contributed by atoms with van der Waals surface area (Å²) in [4.78, 5) is 27.5. The highest BCUT2D eigenvalue weighted by atomic mass is 16.5. The molecule has 34 heavy (non-hydrogen) atoms. The number of rotatable bonds is 11. The van der Waals surface area contributed by atoms with Crippen molar-refractivity contribution in [3.05, 3.63) is 59.2 Å². The minimum Gasteiger partial charge on any atom is -0.507 e. The molecule has 1 amide bonds. The van der Waals surface area contributed by atoms with Gasteiger partial charge in [-0.3, -0.25) is 9.59 Å². The summed E-state index contributed by atoms with van der Waals surface area (Å²) in [7, 11) is 1.52. The number of Topliss-reactive ketones (excluding diaryl/α,β-unsaturated/α-hetero) is 1. The number of nitrogens with zero attached hydrogens (tertiary/aromatic N) is 1. The van der Waals surface area contributed by atoms with Crippen LogP contribution in [0.4, 0.5) is 0 Å². The Balaban J connectivity index is 2.15. The normalized spacial score (nSPS) is 17.2. The van der Waals surface area contributed by atoms with Gasteiger partial charge in [-0.25, -0.2) is 0 Å². The predicted molar refractivity (Wildman–Crippen MR) is 127 cm³/mol. The number of hydrogen-bond donors (Lipinski definition) is 1. The lowest BCUT2D eigenvalue weighted by Crippen LogP contribution is -2.32. The van der Waals surface area contributed by atoms with Crippen molar-refractivity contribution in [2.45, 2.75) is 26.8 Å². The van der Waals surface area contributed by atoms with Crippen LogP contribution in [0.3, 0.4) is 0 Å². The third-order valence-electron chi connectivity index (χ3n) is 5.40. The first-order valence-corrected chi connectivity index (χ1v) is 11.4. The minimum absolute atomic E-state index is 0.00428. The molecule has 3 rings (SSSR count). The van der Waals surface area contributed by atoms with Crippen LogP contribution < -0.4 is 14.2 Å². The first-order chi connectivity index (χ1) is 16.5. The maximum atomic E-state index is 13.1. The summed E-state index contributed by atoms with van der Waals surface area (Å²) in [6.45, 7) is 7.35. The smallest absolute Gasteiger partial charge is 0.295 e. The van der Waals surface area contributed by atoms with Gasteiger partial charge in [-0.15, -0.1) is 0 Å². The molecule has 8 heteroatoms. The molecular weight excluding hydrogens is 438 g/mol. The Morgan fingerprint density at radius 3 is 2.15 bits per heavy atom. The number of ether oxygens (including phenoxy) is 4. The van der Waals surface area contributed by atoms with Crippen LogP contribution in [0.5, 0.6) is 17.2 Å². The monoisotopic (exact) mass is 469 g/mol. The zero-order valence-electron chi connectivity index (χ0n) is 20.0. The number of benzene rings is 2. The van der Waals surface area contributed by atoms with Crippen LogP contribution in [0.1, 0.15) is 37.9 Å². The number of hydrogen-bond acceptors (Lipinski definition) is 7. The second-order valence-corrected chi connectivity index (χ2v) is 7.51. The molecule has 2 aromatic rings. The van der Waals surface area contributed by atoms with E-state index in [1.807, 2.05) is 20.8 Å². The van der Waals surface area contributed by atoms with E-state index in [4.69, 9.17) is 18.9 Å². The molecular formula is C26H31NO7. The van der Waals surface area contributed by atoms with Crippen LogP contribution in [0, 0.1) is 0 Å². The number of carbonyl (C=O) groups excluding carboxylic acids is 2. The van der Waals surface area contributed by atoms with Gasteiger partial charge in [0, 0.05) is 19.7 Å². The Bertz CT molecular complexity index is 1050. The van der Waals surface area contributed by atoms with Crippen molar-refractivity contribution in [3.63, 3.8) is 0 Å². The van der Waals surface area contributed by atoms with Gasteiger partial charge in [-0.2, -0.15) is 0 Å². The van der Waals surface area contributed by atoms with Crippen molar-refractivity contribution in [1.82, 2.24) is 4.90 Å². The molecule has 1 unspecified atom stereocenters. The highest BCUT2D eigenvalue weighted by Gasteiger charge is 2.46. The standard InChI is InChI=1S/C26H31NO7/c1-5-32-18-10-8-17(9-11-18)23-22(25(29)26(30)27(23)14-15-31-4)24(28)20-13-12-19(33-6-2)16-21(20)34-7-3/h8-13,16,23,28H,5-7,14-15H2,1-4H3/b24-22-. The van der Waals surface area contributed by atoms with Gasteiger partial charge in [0.25, 0.3) is 11.7 Å². The SMILES string of the molecule is CCOc1ccc(C2/C(=C(/O)c3ccc(OCC)cc3OCC)C(=O)C(=O)N2CCOC)cc1. The molecule has 1 heterocycles. The van der Waals surface area contributed by atoms with Crippen LogP contribution in [-0.4, -0.2) is 61.8 Å². The molecule has 2 aromatic carbocycles.